The maximum Gasteiger partial charge on any atom is 0.300 e. The van der Waals surface area contributed by atoms with Gasteiger partial charge in [-0.25, -0.2) is 0 Å². The number of benzene rings is 3. The Morgan fingerprint density at radius 1 is 0.838 bits per heavy atom. The molecule has 0 spiro atoms. The largest absolute Gasteiger partial charge is 0.507 e. The second-order valence-electron chi connectivity index (χ2n) is 8.48. The van der Waals surface area contributed by atoms with Crippen LogP contribution in [0.4, 0.5) is 5.69 Å². The van der Waals surface area contributed by atoms with Gasteiger partial charge in [0, 0.05) is 17.8 Å². The van der Waals surface area contributed by atoms with Crippen molar-refractivity contribution < 1.29 is 28.9 Å². The molecule has 0 aromatic heterocycles. The number of hydrogen-bond donors (Lipinski definition) is 1. The zero-order valence-corrected chi connectivity index (χ0v) is 21.5. The van der Waals surface area contributed by atoms with Crippen LogP contribution < -0.4 is 19.1 Å². The fourth-order valence-corrected chi connectivity index (χ4v) is 4.55. The number of ketones is 1. The second-order valence-corrected chi connectivity index (χ2v) is 8.48. The van der Waals surface area contributed by atoms with E-state index in [1.807, 2.05) is 52.0 Å². The molecule has 1 aliphatic heterocycles. The first-order chi connectivity index (χ1) is 17.9. The third kappa shape index (κ3) is 5.03. The lowest BCUT2D eigenvalue weighted by Gasteiger charge is -2.27. The van der Waals surface area contributed by atoms with Gasteiger partial charge in [0.1, 0.15) is 23.0 Å². The van der Waals surface area contributed by atoms with Gasteiger partial charge in [0.15, 0.2) is 0 Å². The molecule has 1 heterocycles. The lowest BCUT2D eigenvalue weighted by Crippen LogP contribution is -2.29. The Bertz CT molecular complexity index is 1350. The molecule has 1 fully saturated rings. The fourth-order valence-electron chi connectivity index (χ4n) is 4.55. The normalized spacial score (nSPS) is 16.6. The number of aliphatic hydroxyl groups excluding tert-OH is 1. The van der Waals surface area contributed by atoms with Crippen molar-refractivity contribution in [1.29, 1.82) is 0 Å². The Kier molecular flexibility index (Phi) is 7.82. The van der Waals surface area contributed by atoms with Crippen LogP contribution in [0.5, 0.6) is 17.2 Å². The topological polar surface area (TPSA) is 85.3 Å². The van der Waals surface area contributed by atoms with Crippen molar-refractivity contribution in [2.75, 3.05) is 24.7 Å². The molecule has 4 rings (SSSR count). The summed E-state index contributed by atoms with van der Waals surface area (Å²) in [6.45, 7) is 8.76. The lowest BCUT2D eigenvalue weighted by atomic mass is 9.92. The van der Waals surface area contributed by atoms with E-state index < -0.39 is 17.7 Å². The van der Waals surface area contributed by atoms with Crippen molar-refractivity contribution in [2.24, 2.45) is 0 Å². The van der Waals surface area contributed by atoms with Crippen LogP contribution >= 0.6 is 0 Å². The van der Waals surface area contributed by atoms with Gasteiger partial charge in [-0.15, -0.1) is 0 Å². The molecule has 0 aliphatic carbocycles. The van der Waals surface area contributed by atoms with Gasteiger partial charge in [-0.3, -0.25) is 14.5 Å². The number of nitrogens with zero attached hydrogens (tertiary/aromatic N) is 1. The van der Waals surface area contributed by atoms with E-state index in [4.69, 9.17) is 14.2 Å². The standard InChI is InChI=1S/C30H31NO6/c1-5-35-21-13-10-12-20(17-21)31-27(23-14-9-8-11-19(23)4)26(29(33)30(31)34)28(32)24-16-15-22(36-6-2)18-25(24)37-7-3/h8-18,27,32H,5-7H2,1-4H3/b28-26+. The summed E-state index contributed by atoms with van der Waals surface area (Å²) < 4.78 is 17.0. The van der Waals surface area contributed by atoms with Gasteiger partial charge in [0.05, 0.1) is 37.0 Å². The summed E-state index contributed by atoms with van der Waals surface area (Å²) in [7, 11) is 0. The Balaban J connectivity index is 1.95. The van der Waals surface area contributed by atoms with Crippen LogP contribution in [0.25, 0.3) is 5.76 Å². The molecular formula is C30H31NO6. The Labute approximate surface area is 216 Å². The first kappa shape index (κ1) is 25.8. The highest BCUT2D eigenvalue weighted by Gasteiger charge is 2.47. The molecule has 192 valence electrons. The van der Waals surface area contributed by atoms with Gasteiger partial charge in [-0.05, 0) is 63.1 Å². The Morgan fingerprint density at radius 2 is 1.51 bits per heavy atom. The highest BCUT2D eigenvalue weighted by molar-refractivity contribution is 6.51. The minimum absolute atomic E-state index is 0.00812. The van der Waals surface area contributed by atoms with Crippen molar-refractivity contribution in [3.63, 3.8) is 0 Å². The van der Waals surface area contributed by atoms with Gasteiger partial charge in [-0.1, -0.05) is 30.3 Å². The van der Waals surface area contributed by atoms with Crippen molar-refractivity contribution >= 4 is 23.1 Å². The predicted molar refractivity (Wildman–Crippen MR) is 142 cm³/mol. The summed E-state index contributed by atoms with van der Waals surface area (Å²) in [5, 5.41) is 11.6. The highest BCUT2D eigenvalue weighted by atomic mass is 16.5. The van der Waals surface area contributed by atoms with Gasteiger partial charge >= 0.3 is 0 Å². The third-order valence-corrected chi connectivity index (χ3v) is 6.15. The van der Waals surface area contributed by atoms with Crippen molar-refractivity contribution in [1.82, 2.24) is 0 Å². The second kappa shape index (κ2) is 11.2. The fraction of sp³-hybridized carbons (Fsp3) is 0.267. The Morgan fingerprint density at radius 3 is 2.19 bits per heavy atom. The smallest absolute Gasteiger partial charge is 0.300 e. The molecular weight excluding hydrogens is 470 g/mol. The lowest BCUT2D eigenvalue weighted by molar-refractivity contribution is -0.132. The number of rotatable bonds is 9. The van der Waals surface area contributed by atoms with Crippen molar-refractivity contribution in [3.05, 3.63) is 89.0 Å². The molecule has 0 radical (unpaired) electrons. The van der Waals surface area contributed by atoms with Crippen LogP contribution in [0, 0.1) is 6.92 Å². The van der Waals surface area contributed by atoms with E-state index in [-0.39, 0.29) is 11.3 Å². The molecule has 0 saturated carbocycles. The number of ether oxygens (including phenoxy) is 3. The number of amides is 1. The summed E-state index contributed by atoms with van der Waals surface area (Å²) in [6, 6.07) is 18.7. The number of Topliss-reactive ketones (excluding diaryl/α,β-unsaturated/α-hetero) is 1. The molecule has 1 N–H and O–H groups in total. The van der Waals surface area contributed by atoms with Gasteiger partial charge in [0.25, 0.3) is 11.7 Å². The molecule has 7 nitrogen and oxygen atoms in total. The number of hydrogen-bond acceptors (Lipinski definition) is 6. The average molecular weight is 502 g/mol. The quantitative estimate of drug-likeness (QED) is 0.226. The zero-order valence-electron chi connectivity index (χ0n) is 21.5. The molecule has 3 aromatic carbocycles. The first-order valence-corrected chi connectivity index (χ1v) is 12.4. The Hall–Kier alpha value is -4.26. The highest BCUT2D eigenvalue weighted by Crippen LogP contribution is 2.45. The monoisotopic (exact) mass is 501 g/mol. The first-order valence-electron chi connectivity index (χ1n) is 12.4. The maximum atomic E-state index is 13.5. The molecule has 1 amide bonds. The van der Waals surface area contributed by atoms with E-state index >= 15 is 0 Å². The van der Waals surface area contributed by atoms with Gasteiger partial charge < -0.3 is 19.3 Å². The molecule has 3 aromatic rings. The van der Waals surface area contributed by atoms with Gasteiger partial charge in [-0.2, -0.15) is 0 Å². The minimum atomic E-state index is -0.848. The molecule has 7 heteroatoms. The van der Waals surface area contributed by atoms with Crippen LogP contribution in [0.3, 0.4) is 0 Å². The summed E-state index contributed by atoms with van der Waals surface area (Å²) in [5.74, 6) is -0.293. The summed E-state index contributed by atoms with van der Waals surface area (Å²) in [5.41, 5.74) is 2.41. The number of carbonyl (C=O) groups excluding carboxylic acids is 2. The number of anilines is 1. The predicted octanol–water partition coefficient (Wildman–Crippen LogP) is 5.82. The van der Waals surface area contributed by atoms with Crippen LogP contribution in [0.1, 0.15) is 43.5 Å². The maximum absolute atomic E-state index is 13.5. The van der Waals surface area contributed by atoms with E-state index in [0.717, 1.165) is 11.1 Å². The molecule has 1 aliphatic rings. The molecule has 1 saturated heterocycles. The van der Waals surface area contributed by atoms with E-state index in [1.165, 1.54) is 4.90 Å². The van der Waals surface area contributed by atoms with Crippen LogP contribution in [-0.4, -0.2) is 36.6 Å². The summed E-state index contributed by atoms with van der Waals surface area (Å²) in [6.07, 6.45) is 0. The van der Waals surface area contributed by atoms with Crippen LogP contribution in [0.15, 0.2) is 72.3 Å². The SMILES string of the molecule is CCOc1cccc(N2C(=O)C(=O)/C(=C(/O)c3ccc(OCC)cc3OCC)C2c2ccccc2C)c1. The summed E-state index contributed by atoms with van der Waals surface area (Å²) in [4.78, 5) is 28.5. The van der Waals surface area contributed by atoms with Crippen molar-refractivity contribution in [3.8, 4) is 17.2 Å². The molecule has 1 unspecified atom stereocenters. The van der Waals surface area contributed by atoms with E-state index in [0.29, 0.717) is 48.3 Å². The molecule has 1 atom stereocenters. The summed E-state index contributed by atoms with van der Waals surface area (Å²) >= 11 is 0. The minimum Gasteiger partial charge on any atom is -0.507 e. The average Bonchev–Trinajstić information content (AvgIpc) is 3.15. The van der Waals surface area contributed by atoms with Gasteiger partial charge in [0.2, 0.25) is 0 Å². The molecule has 37 heavy (non-hydrogen) atoms. The number of aryl methyl sites for hydroxylation is 1. The van der Waals surface area contributed by atoms with Crippen LogP contribution in [0.2, 0.25) is 0 Å². The van der Waals surface area contributed by atoms with Crippen molar-refractivity contribution in [2.45, 2.75) is 33.7 Å². The number of aliphatic hydroxyl groups is 1. The van der Waals surface area contributed by atoms with E-state index in [1.54, 1.807) is 42.5 Å². The van der Waals surface area contributed by atoms with Crippen LogP contribution in [-0.2, 0) is 9.59 Å². The van der Waals surface area contributed by atoms with E-state index in [9.17, 15) is 14.7 Å². The third-order valence-electron chi connectivity index (χ3n) is 6.15. The number of carbonyl (C=O) groups is 2. The molecule has 0 bridgehead atoms. The zero-order chi connectivity index (χ0) is 26.5. The van der Waals surface area contributed by atoms with E-state index in [2.05, 4.69) is 0 Å².